The van der Waals surface area contributed by atoms with E-state index in [2.05, 4.69) is 11.9 Å². The van der Waals surface area contributed by atoms with Crippen LogP contribution in [0.2, 0.25) is 0 Å². The lowest BCUT2D eigenvalue weighted by Crippen LogP contribution is -2.38. The molecule has 5 rings (SSSR count). The van der Waals surface area contributed by atoms with Gasteiger partial charge in [-0.3, -0.25) is 0 Å². The van der Waals surface area contributed by atoms with Crippen LogP contribution < -0.4 is 18.9 Å². The van der Waals surface area contributed by atoms with Gasteiger partial charge < -0.3 is 33.5 Å². The summed E-state index contributed by atoms with van der Waals surface area (Å²) in [5, 5.41) is 0. The molecule has 2 aromatic rings. The second-order valence-electron chi connectivity index (χ2n) is 9.50. The highest BCUT2D eigenvalue weighted by Crippen LogP contribution is 2.30. The van der Waals surface area contributed by atoms with E-state index in [1.165, 1.54) is 12.8 Å². The summed E-state index contributed by atoms with van der Waals surface area (Å²) < 4.78 is 26.6. The first-order chi connectivity index (χ1) is 17.6. The van der Waals surface area contributed by atoms with Gasteiger partial charge in [0, 0.05) is 6.54 Å². The Hall–Kier alpha value is -3.13. The summed E-state index contributed by atoms with van der Waals surface area (Å²) >= 11 is 0. The number of ether oxygens (including phenoxy) is 5. The number of methoxy groups -OCH3 is 2. The number of fused-ring (bicyclic) bond motifs is 1. The zero-order chi connectivity index (χ0) is 25.3. The maximum Gasteiger partial charge on any atom is 0.410 e. The number of cyclic esters (lactones) is 1. The summed E-state index contributed by atoms with van der Waals surface area (Å²) in [5.41, 5.74) is 1.12. The second-order valence-corrected chi connectivity index (χ2v) is 9.50. The summed E-state index contributed by atoms with van der Waals surface area (Å²) in [4.78, 5) is 16.5. The Morgan fingerprint density at radius 2 is 1.58 bits per heavy atom. The van der Waals surface area contributed by atoms with Crippen LogP contribution in [0.15, 0.2) is 42.5 Å². The van der Waals surface area contributed by atoms with Crippen molar-refractivity contribution < 1.29 is 28.5 Å². The Morgan fingerprint density at radius 1 is 0.917 bits per heavy atom. The lowest BCUT2D eigenvalue weighted by Gasteiger charge is -2.30. The molecule has 0 N–H and O–H groups in total. The zero-order valence-electron chi connectivity index (χ0n) is 21.6. The number of nitrogens with zero attached hydrogens (tertiary/aromatic N) is 2. The first-order valence-electron chi connectivity index (χ1n) is 12.7. The predicted octanol–water partition coefficient (Wildman–Crippen LogP) is 4.26. The van der Waals surface area contributed by atoms with Crippen molar-refractivity contribution in [3.05, 3.63) is 48.0 Å². The molecule has 0 spiro atoms. The van der Waals surface area contributed by atoms with Crippen molar-refractivity contribution in [2.24, 2.45) is 5.92 Å². The number of para-hydroxylation sites is 2. The van der Waals surface area contributed by atoms with Crippen LogP contribution in [0.25, 0.3) is 0 Å². The van der Waals surface area contributed by atoms with Crippen LogP contribution in [0, 0.1) is 5.92 Å². The third-order valence-corrected chi connectivity index (χ3v) is 7.06. The number of likely N-dealkylation sites (tertiary alicyclic amines) is 1. The van der Waals surface area contributed by atoms with E-state index in [9.17, 15) is 4.79 Å². The van der Waals surface area contributed by atoms with Crippen molar-refractivity contribution in [2.45, 2.75) is 31.7 Å². The van der Waals surface area contributed by atoms with Gasteiger partial charge in [0.15, 0.2) is 23.0 Å². The third-order valence-electron chi connectivity index (χ3n) is 7.06. The van der Waals surface area contributed by atoms with Crippen LogP contribution in [-0.2, 0) is 11.2 Å². The molecule has 2 fully saturated rings. The maximum atomic E-state index is 12.2. The average molecular weight is 499 g/mol. The van der Waals surface area contributed by atoms with Crippen LogP contribution >= 0.6 is 0 Å². The number of hydrogen-bond acceptors (Lipinski definition) is 7. The van der Waals surface area contributed by atoms with E-state index in [0.717, 1.165) is 49.5 Å². The van der Waals surface area contributed by atoms with Crippen LogP contribution in [-0.4, -0.2) is 82.7 Å². The normalized spacial score (nSPS) is 19.8. The molecule has 0 saturated carbocycles. The molecule has 0 bridgehead atoms. The highest BCUT2D eigenvalue weighted by atomic mass is 16.6. The minimum atomic E-state index is -0.177. The van der Waals surface area contributed by atoms with Crippen molar-refractivity contribution >= 4 is 6.09 Å². The van der Waals surface area contributed by atoms with Gasteiger partial charge in [-0.1, -0.05) is 18.2 Å². The second kappa shape index (κ2) is 12.7. The van der Waals surface area contributed by atoms with Crippen LogP contribution in [0.4, 0.5) is 4.79 Å². The zero-order valence-corrected chi connectivity index (χ0v) is 21.6. The minimum Gasteiger partial charge on any atom is -0.493 e. The van der Waals surface area contributed by atoms with E-state index in [-0.39, 0.29) is 12.1 Å². The number of piperidine rings is 1. The molecule has 1 amide bonds. The van der Waals surface area contributed by atoms with Gasteiger partial charge in [-0.25, -0.2) is 4.79 Å². The number of carbonyl (C=O) groups excluding carboxylic acids is 1. The van der Waals surface area contributed by atoms with Gasteiger partial charge in [0.25, 0.3) is 0 Å². The summed E-state index contributed by atoms with van der Waals surface area (Å²) in [5.74, 6) is 3.85. The van der Waals surface area contributed by atoms with Crippen molar-refractivity contribution in [3.63, 3.8) is 0 Å². The molecule has 0 aromatic heterocycles. The van der Waals surface area contributed by atoms with Gasteiger partial charge in [-0.2, -0.15) is 0 Å². The summed E-state index contributed by atoms with van der Waals surface area (Å²) in [6, 6.07) is 13.7. The molecular formula is C28H38N2O6. The first-order valence-corrected chi connectivity index (χ1v) is 12.7. The predicted molar refractivity (Wildman–Crippen MR) is 137 cm³/mol. The summed E-state index contributed by atoms with van der Waals surface area (Å²) in [7, 11) is 5.44. The number of benzene rings is 2. The fourth-order valence-electron chi connectivity index (χ4n) is 4.88. The molecule has 8 nitrogen and oxygen atoms in total. The average Bonchev–Trinajstić information content (AvgIpc) is 3.27. The Morgan fingerprint density at radius 3 is 2.22 bits per heavy atom. The monoisotopic (exact) mass is 498 g/mol. The Labute approximate surface area is 214 Å². The molecule has 2 aromatic carbocycles. The number of hydrogen-bond donors (Lipinski definition) is 0. The highest BCUT2D eigenvalue weighted by Gasteiger charge is 2.33. The molecule has 2 saturated heterocycles. The first kappa shape index (κ1) is 25.9. The van der Waals surface area contributed by atoms with Crippen molar-refractivity contribution in [2.75, 3.05) is 60.7 Å². The van der Waals surface area contributed by atoms with E-state index in [1.807, 2.05) is 47.4 Å². The number of carbonyl (C=O) groups is 1. The fourth-order valence-corrected chi connectivity index (χ4v) is 4.88. The van der Waals surface area contributed by atoms with Crippen LogP contribution in [0.3, 0.4) is 0 Å². The molecule has 196 valence electrons. The topological polar surface area (TPSA) is 69.7 Å². The van der Waals surface area contributed by atoms with Crippen LogP contribution in [0.5, 0.6) is 23.0 Å². The molecular weight excluding hydrogens is 460 g/mol. The standard InChI is InChI=1S/C20H30N2O4.C8H8O2/c1-21-9-6-15(7-10-21)8-11-22-17(14-26-20(22)23)12-16-4-5-18(24-2)19(13-16)25-3;1-2-4-8-7(3-1)9-5-6-10-8/h4-5,13,15,17H,6-12,14H2,1-3H3;1-4H,5-6H2. The molecule has 36 heavy (non-hydrogen) atoms. The van der Waals surface area contributed by atoms with Gasteiger partial charge in [0.05, 0.1) is 20.3 Å². The van der Waals surface area contributed by atoms with E-state index >= 15 is 0 Å². The molecule has 8 heteroatoms. The van der Waals surface area contributed by atoms with Gasteiger partial charge in [0.1, 0.15) is 19.8 Å². The van der Waals surface area contributed by atoms with Gasteiger partial charge >= 0.3 is 6.09 Å². The Balaban J connectivity index is 0.000000251. The Kier molecular flexibility index (Phi) is 9.17. The van der Waals surface area contributed by atoms with E-state index in [1.54, 1.807) is 14.2 Å². The molecule has 3 aliphatic heterocycles. The summed E-state index contributed by atoms with van der Waals surface area (Å²) in [6.45, 7) is 4.88. The molecule has 0 radical (unpaired) electrons. The minimum absolute atomic E-state index is 0.0897. The molecule has 0 aliphatic carbocycles. The maximum absolute atomic E-state index is 12.2. The van der Waals surface area contributed by atoms with E-state index < -0.39 is 0 Å². The Bertz CT molecular complexity index is 967. The van der Waals surface area contributed by atoms with Gasteiger partial charge in [0.2, 0.25) is 0 Å². The number of rotatable bonds is 7. The fraction of sp³-hybridized carbons (Fsp3) is 0.536. The summed E-state index contributed by atoms with van der Waals surface area (Å²) in [6.07, 6.45) is 4.09. The smallest absolute Gasteiger partial charge is 0.410 e. The van der Waals surface area contributed by atoms with Crippen molar-refractivity contribution in [1.82, 2.24) is 9.80 Å². The third kappa shape index (κ3) is 6.75. The van der Waals surface area contributed by atoms with Gasteiger partial charge in [-0.15, -0.1) is 0 Å². The van der Waals surface area contributed by atoms with Crippen molar-refractivity contribution in [1.29, 1.82) is 0 Å². The molecule has 1 atom stereocenters. The SMILES string of the molecule is COc1ccc(CC2COC(=O)N2CCC2CCN(C)CC2)cc1OC.c1ccc2c(c1)OCCO2. The van der Waals surface area contributed by atoms with E-state index in [0.29, 0.717) is 37.2 Å². The number of amides is 1. The largest absolute Gasteiger partial charge is 0.493 e. The lowest BCUT2D eigenvalue weighted by molar-refractivity contribution is 0.151. The van der Waals surface area contributed by atoms with Crippen molar-refractivity contribution in [3.8, 4) is 23.0 Å². The lowest BCUT2D eigenvalue weighted by atomic mass is 9.93. The van der Waals surface area contributed by atoms with Crippen LogP contribution in [0.1, 0.15) is 24.8 Å². The molecule has 3 aliphatic rings. The highest BCUT2D eigenvalue weighted by molar-refractivity contribution is 5.70. The molecule has 3 heterocycles. The van der Waals surface area contributed by atoms with Gasteiger partial charge in [-0.05, 0) is 81.6 Å². The molecule has 1 unspecified atom stereocenters. The quantitative estimate of drug-likeness (QED) is 0.565. The van der Waals surface area contributed by atoms with E-state index in [4.69, 9.17) is 23.7 Å².